The van der Waals surface area contributed by atoms with Gasteiger partial charge >= 0.3 is 0 Å². The first kappa shape index (κ1) is 18.7. The summed E-state index contributed by atoms with van der Waals surface area (Å²) in [5.41, 5.74) is 2.81. The average Bonchev–Trinajstić information content (AvgIpc) is 3.29. The molecule has 1 unspecified atom stereocenters. The molecule has 5 aromatic rings. The highest BCUT2D eigenvalue weighted by Crippen LogP contribution is 2.26. The van der Waals surface area contributed by atoms with E-state index in [0.717, 1.165) is 12.0 Å². The molecule has 0 radical (unpaired) electrons. The fraction of sp³-hybridized carbons (Fsp3) is 0.0870. The number of hydrogen-bond donors (Lipinski definition) is 2. The molecular formula is C23H18N6O2. The van der Waals surface area contributed by atoms with Gasteiger partial charge in [0, 0.05) is 16.9 Å². The van der Waals surface area contributed by atoms with E-state index < -0.39 is 0 Å². The van der Waals surface area contributed by atoms with E-state index >= 15 is 0 Å². The molecule has 31 heavy (non-hydrogen) atoms. The van der Waals surface area contributed by atoms with Crippen LogP contribution in [0.2, 0.25) is 0 Å². The summed E-state index contributed by atoms with van der Waals surface area (Å²) in [7, 11) is 0. The molecule has 0 amide bonds. The fourth-order valence-electron chi connectivity index (χ4n) is 3.82. The lowest BCUT2D eigenvalue weighted by Gasteiger charge is -2.21. The maximum Gasteiger partial charge on any atom is 0.263 e. The number of pyridine rings is 1. The highest BCUT2D eigenvalue weighted by atomic mass is 16.1. The van der Waals surface area contributed by atoms with Gasteiger partial charge in [-0.1, -0.05) is 36.4 Å². The summed E-state index contributed by atoms with van der Waals surface area (Å²) in [6.45, 7) is 1.95. The topological polar surface area (TPSA) is 106 Å². The SMILES string of the molecule is CC(Nc1ncnc2[nH]cnc12)c1cc2cccc(C=O)c2c(=O)n1-c1ccccc1. The van der Waals surface area contributed by atoms with Crippen molar-refractivity contribution in [2.75, 3.05) is 5.32 Å². The van der Waals surface area contributed by atoms with Crippen LogP contribution in [0.4, 0.5) is 5.82 Å². The summed E-state index contributed by atoms with van der Waals surface area (Å²) in [6, 6.07) is 16.3. The zero-order valence-corrected chi connectivity index (χ0v) is 16.6. The Labute approximate surface area is 176 Å². The molecule has 0 fully saturated rings. The number of aldehydes is 1. The number of fused-ring (bicyclic) bond motifs is 2. The van der Waals surface area contributed by atoms with Crippen LogP contribution in [0.15, 0.2) is 72.0 Å². The first-order valence-corrected chi connectivity index (χ1v) is 9.77. The standard InChI is InChI=1S/C23H18N6O2/c1-14(28-22-20-21(25-12-24-20)26-13-27-22)18-10-15-6-5-7-16(11-30)19(15)23(31)29(18)17-8-3-2-4-9-17/h2-14H,1H3,(H2,24,25,26,27,28). The van der Waals surface area contributed by atoms with Gasteiger partial charge in [-0.15, -0.1) is 0 Å². The lowest BCUT2D eigenvalue weighted by molar-refractivity contribution is 0.112. The van der Waals surface area contributed by atoms with Crippen molar-refractivity contribution < 1.29 is 4.79 Å². The minimum Gasteiger partial charge on any atom is -0.360 e. The monoisotopic (exact) mass is 410 g/mol. The predicted octanol–water partition coefficient (Wildman–Crippen LogP) is 3.64. The molecule has 0 aliphatic carbocycles. The Bertz CT molecular complexity index is 1470. The predicted molar refractivity (Wildman–Crippen MR) is 119 cm³/mol. The third-order valence-electron chi connectivity index (χ3n) is 5.26. The molecule has 0 aliphatic heterocycles. The van der Waals surface area contributed by atoms with E-state index in [9.17, 15) is 9.59 Å². The van der Waals surface area contributed by atoms with Crippen LogP contribution in [0.5, 0.6) is 0 Å². The van der Waals surface area contributed by atoms with Gasteiger partial charge in [0.25, 0.3) is 5.56 Å². The van der Waals surface area contributed by atoms with Crippen LogP contribution in [0.1, 0.15) is 29.0 Å². The first-order valence-electron chi connectivity index (χ1n) is 9.77. The maximum atomic E-state index is 13.6. The van der Waals surface area contributed by atoms with Crippen LogP contribution in [-0.2, 0) is 0 Å². The molecule has 1 atom stereocenters. The largest absolute Gasteiger partial charge is 0.360 e. The van der Waals surface area contributed by atoms with E-state index in [1.165, 1.54) is 6.33 Å². The number of H-pyrrole nitrogens is 1. The van der Waals surface area contributed by atoms with Crippen molar-refractivity contribution in [1.29, 1.82) is 0 Å². The molecule has 8 nitrogen and oxygen atoms in total. The number of carbonyl (C=O) groups is 1. The zero-order valence-electron chi connectivity index (χ0n) is 16.6. The number of rotatable bonds is 5. The van der Waals surface area contributed by atoms with Crippen LogP contribution < -0.4 is 10.9 Å². The Balaban J connectivity index is 1.73. The van der Waals surface area contributed by atoms with Crippen molar-refractivity contribution in [2.24, 2.45) is 0 Å². The van der Waals surface area contributed by atoms with E-state index in [1.54, 1.807) is 23.0 Å². The number of nitrogens with one attached hydrogen (secondary N) is 2. The molecule has 152 valence electrons. The van der Waals surface area contributed by atoms with Gasteiger partial charge in [0.1, 0.15) is 11.8 Å². The van der Waals surface area contributed by atoms with E-state index in [4.69, 9.17) is 0 Å². The van der Waals surface area contributed by atoms with Gasteiger partial charge in [-0.05, 0) is 30.5 Å². The molecule has 3 aromatic heterocycles. The Morgan fingerprint density at radius 1 is 1.06 bits per heavy atom. The number of nitrogens with zero attached hydrogens (tertiary/aromatic N) is 4. The van der Waals surface area contributed by atoms with Crippen molar-refractivity contribution in [1.82, 2.24) is 24.5 Å². The summed E-state index contributed by atoms with van der Waals surface area (Å²) >= 11 is 0. The summed E-state index contributed by atoms with van der Waals surface area (Å²) in [4.78, 5) is 40.9. The van der Waals surface area contributed by atoms with E-state index in [-0.39, 0.29) is 11.6 Å². The number of carbonyl (C=O) groups excluding carboxylic acids is 1. The van der Waals surface area contributed by atoms with Gasteiger partial charge in [0.05, 0.1) is 17.8 Å². The number of anilines is 1. The van der Waals surface area contributed by atoms with E-state index in [1.807, 2.05) is 49.4 Å². The average molecular weight is 410 g/mol. The Morgan fingerprint density at radius 2 is 1.90 bits per heavy atom. The van der Waals surface area contributed by atoms with Crippen molar-refractivity contribution in [3.63, 3.8) is 0 Å². The van der Waals surface area contributed by atoms with Gasteiger partial charge in [0.15, 0.2) is 17.8 Å². The third kappa shape index (κ3) is 3.14. The summed E-state index contributed by atoms with van der Waals surface area (Å²) in [6.07, 6.45) is 3.73. The third-order valence-corrected chi connectivity index (χ3v) is 5.26. The molecule has 0 saturated carbocycles. The number of imidazole rings is 1. The van der Waals surface area contributed by atoms with Crippen LogP contribution in [0.3, 0.4) is 0 Å². The van der Waals surface area contributed by atoms with Gasteiger partial charge in [-0.2, -0.15) is 0 Å². The quantitative estimate of drug-likeness (QED) is 0.429. The highest BCUT2D eigenvalue weighted by Gasteiger charge is 2.19. The molecule has 0 bridgehead atoms. The van der Waals surface area contributed by atoms with Crippen molar-refractivity contribution >= 4 is 34.0 Å². The minimum atomic E-state index is -0.299. The second kappa shape index (κ2) is 7.49. The van der Waals surface area contributed by atoms with Gasteiger partial charge in [-0.3, -0.25) is 14.2 Å². The normalized spacial score (nSPS) is 12.2. The summed E-state index contributed by atoms with van der Waals surface area (Å²) < 4.78 is 1.63. The number of benzene rings is 2. The Hall–Kier alpha value is -4.33. The molecule has 0 spiro atoms. The van der Waals surface area contributed by atoms with E-state index in [0.29, 0.717) is 39.0 Å². The fourth-order valence-corrected chi connectivity index (χ4v) is 3.82. The lowest BCUT2D eigenvalue weighted by Crippen LogP contribution is -2.26. The second-order valence-electron chi connectivity index (χ2n) is 7.16. The molecular weight excluding hydrogens is 392 g/mol. The molecule has 2 aromatic carbocycles. The smallest absolute Gasteiger partial charge is 0.263 e. The van der Waals surface area contributed by atoms with Crippen molar-refractivity contribution in [3.05, 3.63) is 88.9 Å². The summed E-state index contributed by atoms with van der Waals surface area (Å²) in [5, 5.41) is 4.46. The minimum absolute atomic E-state index is 0.248. The molecule has 0 aliphatic rings. The second-order valence-corrected chi connectivity index (χ2v) is 7.16. The number of hydrogen-bond acceptors (Lipinski definition) is 6. The maximum absolute atomic E-state index is 13.6. The van der Waals surface area contributed by atoms with Crippen LogP contribution in [0, 0.1) is 0 Å². The number of aromatic amines is 1. The molecule has 8 heteroatoms. The van der Waals surface area contributed by atoms with Crippen LogP contribution in [0.25, 0.3) is 27.6 Å². The van der Waals surface area contributed by atoms with Crippen LogP contribution >= 0.6 is 0 Å². The van der Waals surface area contributed by atoms with E-state index in [2.05, 4.69) is 25.3 Å². The molecule has 5 rings (SSSR count). The molecule has 2 N–H and O–H groups in total. The molecule has 0 saturated heterocycles. The summed E-state index contributed by atoms with van der Waals surface area (Å²) in [5.74, 6) is 0.563. The first-order chi connectivity index (χ1) is 15.2. The van der Waals surface area contributed by atoms with Crippen molar-refractivity contribution in [3.8, 4) is 5.69 Å². The molecule has 3 heterocycles. The van der Waals surface area contributed by atoms with Gasteiger partial charge in [-0.25, -0.2) is 15.0 Å². The van der Waals surface area contributed by atoms with Gasteiger partial charge in [0.2, 0.25) is 0 Å². The Morgan fingerprint density at radius 3 is 2.71 bits per heavy atom. The lowest BCUT2D eigenvalue weighted by atomic mass is 10.0. The zero-order chi connectivity index (χ0) is 21.4. The highest BCUT2D eigenvalue weighted by molar-refractivity contribution is 5.98. The van der Waals surface area contributed by atoms with Crippen LogP contribution in [-0.4, -0.2) is 30.8 Å². The number of para-hydroxylation sites is 1. The van der Waals surface area contributed by atoms with Gasteiger partial charge < -0.3 is 10.3 Å². The number of aromatic nitrogens is 5. The van der Waals surface area contributed by atoms with Crippen molar-refractivity contribution in [2.45, 2.75) is 13.0 Å². The Kier molecular flexibility index (Phi) is 4.51.